The van der Waals surface area contributed by atoms with E-state index in [-0.39, 0.29) is 23.5 Å². The van der Waals surface area contributed by atoms with Crippen LogP contribution in [0.15, 0.2) is 59.7 Å². The normalized spacial score (nSPS) is 38.8. The lowest BCUT2D eigenvalue weighted by Gasteiger charge is -2.30. The molecule has 0 aliphatic heterocycles. The van der Waals surface area contributed by atoms with E-state index < -0.39 is 23.6 Å². The molecule has 3 aliphatic rings. The van der Waals surface area contributed by atoms with E-state index in [0.29, 0.717) is 17.4 Å². The number of carbonyl (C=O) groups excluding carboxylic acids is 2. The summed E-state index contributed by atoms with van der Waals surface area (Å²) >= 11 is 0. The van der Waals surface area contributed by atoms with Gasteiger partial charge in [0, 0.05) is 6.08 Å². The van der Waals surface area contributed by atoms with Crippen LogP contribution in [0.4, 0.5) is 0 Å². The van der Waals surface area contributed by atoms with Gasteiger partial charge in [0.05, 0.1) is 5.92 Å². The number of carbonyl (C=O) groups is 2. The lowest BCUT2D eigenvalue weighted by Crippen LogP contribution is -2.45. The first-order valence-corrected chi connectivity index (χ1v) is 12.1. The zero-order valence-electron chi connectivity index (χ0n) is 20.4. The molecule has 3 aliphatic carbocycles. The van der Waals surface area contributed by atoms with Crippen LogP contribution < -0.4 is 0 Å². The number of rotatable bonds is 3. The Morgan fingerprint density at radius 1 is 1.12 bits per heavy atom. The molecule has 4 heteroatoms. The van der Waals surface area contributed by atoms with E-state index in [2.05, 4.69) is 26.8 Å². The van der Waals surface area contributed by atoms with Gasteiger partial charge in [-0.3, -0.25) is 4.79 Å². The zero-order chi connectivity index (χ0) is 24.0. The largest absolute Gasteiger partial charge is 0.458 e. The van der Waals surface area contributed by atoms with Crippen LogP contribution in [0.3, 0.4) is 0 Å². The van der Waals surface area contributed by atoms with E-state index >= 15 is 0 Å². The summed E-state index contributed by atoms with van der Waals surface area (Å²) in [4.78, 5) is 26.2. The molecule has 0 radical (unpaired) electrons. The molecular formula is C29H36O4. The molecule has 176 valence electrons. The Morgan fingerprint density at radius 3 is 2.52 bits per heavy atom. The van der Waals surface area contributed by atoms with E-state index in [0.717, 1.165) is 24.0 Å². The van der Waals surface area contributed by atoms with E-state index in [1.165, 1.54) is 6.08 Å². The van der Waals surface area contributed by atoms with Gasteiger partial charge in [-0.25, -0.2) is 4.79 Å². The fraction of sp³-hybridized carbons (Fsp3) is 0.517. The second-order valence-electron chi connectivity index (χ2n) is 11.0. The summed E-state index contributed by atoms with van der Waals surface area (Å²) in [7, 11) is 0. The van der Waals surface area contributed by atoms with Crippen LogP contribution in [0, 0.1) is 29.1 Å². The van der Waals surface area contributed by atoms with E-state index in [9.17, 15) is 14.7 Å². The molecule has 1 N–H and O–H groups in total. The highest BCUT2D eigenvalue weighted by Gasteiger charge is 2.59. The number of hydrogen-bond acceptors (Lipinski definition) is 4. The average molecular weight is 449 g/mol. The number of benzene rings is 1. The third-order valence-electron chi connectivity index (χ3n) is 8.20. The van der Waals surface area contributed by atoms with Crippen LogP contribution in [0.5, 0.6) is 0 Å². The van der Waals surface area contributed by atoms with Crippen molar-refractivity contribution in [2.24, 2.45) is 29.1 Å². The van der Waals surface area contributed by atoms with Crippen molar-refractivity contribution < 1.29 is 19.4 Å². The average Bonchev–Trinajstić information content (AvgIpc) is 3.20. The number of ketones is 1. The molecule has 4 rings (SSSR count). The fourth-order valence-electron chi connectivity index (χ4n) is 6.07. The first kappa shape index (κ1) is 23.7. The minimum atomic E-state index is -1.56. The predicted octanol–water partition coefficient (Wildman–Crippen LogP) is 5.53. The Bertz CT molecular complexity index is 1020. The topological polar surface area (TPSA) is 63.6 Å². The van der Waals surface area contributed by atoms with Crippen molar-refractivity contribution in [3.05, 3.63) is 65.3 Å². The van der Waals surface area contributed by atoms with Gasteiger partial charge < -0.3 is 9.84 Å². The minimum Gasteiger partial charge on any atom is -0.458 e. The fourth-order valence-corrected chi connectivity index (χ4v) is 6.07. The number of Topliss-reactive ketones (excluding diaryl/α,β-unsaturated/α-hetero) is 1. The standard InChI is InChI=1S/C29H36O4/c1-18-11-13-22-23(28(22,4)5)16-19(2)27(31)29(32)17-20(3)26(24(29)15-18)33-25(30)14-12-21-9-7-6-8-10-21/h6-10,12,14-16,20,22-24,26,32H,11,13,17H2,1-5H3/b14-12+,18-15+,19-16+/t20-,22-,23+,24-,26-,29+/m0/s1. The Balaban J connectivity index is 1.61. The van der Waals surface area contributed by atoms with E-state index in [1.807, 2.05) is 50.3 Å². The summed E-state index contributed by atoms with van der Waals surface area (Å²) in [5.41, 5.74) is 1.30. The van der Waals surface area contributed by atoms with Gasteiger partial charge in [0.2, 0.25) is 0 Å². The minimum absolute atomic E-state index is 0.136. The van der Waals surface area contributed by atoms with Crippen LogP contribution in [-0.4, -0.2) is 28.6 Å². The highest BCUT2D eigenvalue weighted by molar-refractivity contribution is 6.02. The van der Waals surface area contributed by atoms with Crippen molar-refractivity contribution in [1.82, 2.24) is 0 Å². The molecule has 0 bridgehead atoms. The Labute approximate surface area is 197 Å². The third kappa shape index (κ3) is 4.50. The van der Waals surface area contributed by atoms with Gasteiger partial charge in [-0.05, 0) is 73.5 Å². The number of allylic oxidation sites excluding steroid dienone is 2. The molecule has 0 unspecified atom stereocenters. The van der Waals surface area contributed by atoms with Crippen molar-refractivity contribution in [3.8, 4) is 0 Å². The van der Waals surface area contributed by atoms with E-state index in [4.69, 9.17) is 4.74 Å². The number of hydrogen-bond donors (Lipinski definition) is 1. The smallest absolute Gasteiger partial charge is 0.331 e. The van der Waals surface area contributed by atoms with Gasteiger partial charge in [-0.1, -0.05) is 68.8 Å². The van der Waals surface area contributed by atoms with Gasteiger partial charge >= 0.3 is 5.97 Å². The van der Waals surface area contributed by atoms with Crippen LogP contribution in [0.25, 0.3) is 6.08 Å². The molecule has 4 nitrogen and oxygen atoms in total. The molecule has 2 saturated carbocycles. The number of aliphatic hydroxyl groups is 1. The second kappa shape index (κ2) is 8.72. The van der Waals surface area contributed by atoms with E-state index in [1.54, 1.807) is 6.08 Å². The third-order valence-corrected chi connectivity index (χ3v) is 8.20. The van der Waals surface area contributed by atoms with Crippen LogP contribution in [0.2, 0.25) is 0 Å². The first-order valence-electron chi connectivity index (χ1n) is 12.1. The SMILES string of the molecule is C/C1=C\[C@H]2[C@@H](OC(=O)/C=C/c3ccccc3)[C@@H](C)C[C@]2(O)C(=O)/C(C)=C/[C@@H]2[C@H](CC1)C2(C)C. The maximum Gasteiger partial charge on any atom is 0.331 e. The molecule has 6 atom stereocenters. The monoisotopic (exact) mass is 448 g/mol. The maximum absolute atomic E-state index is 13.5. The summed E-state index contributed by atoms with van der Waals surface area (Å²) in [5, 5.41) is 11.7. The Kier molecular flexibility index (Phi) is 6.26. The summed E-state index contributed by atoms with van der Waals surface area (Å²) in [6.45, 7) is 10.4. The zero-order valence-corrected chi connectivity index (χ0v) is 20.4. The van der Waals surface area contributed by atoms with Gasteiger partial charge in [-0.2, -0.15) is 0 Å². The highest BCUT2D eigenvalue weighted by Crippen LogP contribution is 2.62. The van der Waals surface area contributed by atoms with Crippen molar-refractivity contribution in [1.29, 1.82) is 0 Å². The molecule has 0 aromatic heterocycles. The molecular weight excluding hydrogens is 412 g/mol. The van der Waals surface area contributed by atoms with Gasteiger partial charge in [0.25, 0.3) is 0 Å². The summed E-state index contributed by atoms with van der Waals surface area (Å²) in [5.74, 6) is -0.465. The molecule has 0 heterocycles. The van der Waals surface area contributed by atoms with Crippen molar-refractivity contribution >= 4 is 17.8 Å². The van der Waals surface area contributed by atoms with Crippen molar-refractivity contribution in [3.63, 3.8) is 0 Å². The molecule has 2 fully saturated rings. The molecule has 0 spiro atoms. The molecule has 1 aromatic carbocycles. The summed E-state index contributed by atoms with van der Waals surface area (Å²) in [6, 6.07) is 9.57. The lowest BCUT2D eigenvalue weighted by atomic mass is 9.81. The number of fused-ring (bicyclic) bond motifs is 2. The molecule has 0 saturated heterocycles. The summed E-state index contributed by atoms with van der Waals surface area (Å²) in [6.07, 6.45) is 8.93. The quantitative estimate of drug-likeness (QED) is 0.375. The maximum atomic E-state index is 13.5. The molecule has 33 heavy (non-hydrogen) atoms. The number of esters is 1. The Hall–Kier alpha value is -2.46. The van der Waals surface area contributed by atoms with Crippen LogP contribution in [0.1, 0.15) is 59.4 Å². The molecule has 0 amide bonds. The van der Waals surface area contributed by atoms with Crippen LogP contribution >= 0.6 is 0 Å². The van der Waals surface area contributed by atoms with Gasteiger partial charge in [-0.15, -0.1) is 0 Å². The highest BCUT2D eigenvalue weighted by atomic mass is 16.5. The van der Waals surface area contributed by atoms with Gasteiger partial charge in [0.15, 0.2) is 5.78 Å². The van der Waals surface area contributed by atoms with Crippen LogP contribution in [-0.2, 0) is 14.3 Å². The molecule has 1 aromatic rings. The lowest BCUT2D eigenvalue weighted by molar-refractivity contribution is -0.150. The van der Waals surface area contributed by atoms with Crippen molar-refractivity contribution in [2.45, 2.75) is 65.6 Å². The van der Waals surface area contributed by atoms with Gasteiger partial charge in [0.1, 0.15) is 11.7 Å². The Morgan fingerprint density at radius 2 is 1.82 bits per heavy atom. The first-order chi connectivity index (χ1) is 15.5. The second-order valence-corrected chi connectivity index (χ2v) is 11.0. The predicted molar refractivity (Wildman–Crippen MR) is 130 cm³/mol. The summed E-state index contributed by atoms with van der Waals surface area (Å²) < 4.78 is 5.87. The van der Waals surface area contributed by atoms with Crippen molar-refractivity contribution in [2.75, 3.05) is 0 Å². The number of ether oxygens (including phenoxy) is 1.